The number of hydrogen-bond donors (Lipinski definition) is 3. The summed E-state index contributed by atoms with van der Waals surface area (Å²) in [6, 6.07) is 6.84. The van der Waals surface area contributed by atoms with Crippen molar-refractivity contribution in [3.63, 3.8) is 0 Å². The van der Waals surface area contributed by atoms with Crippen molar-refractivity contribution in [3.8, 4) is 0 Å². The Morgan fingerprint density at radius 2 is 1.84 bits per heavy atom. The summed E-state index contributed by atoms with van der Waals surface area (Å²) in [6.45, 7) is 4.27. The Kier molecular flexibility index (Phi) is 9.03. The zero-order valence-corrected chi connectivity index (χ0v) is 11.4. The van der Waals surface area contributed by atoms with Crippen LogP contribution in [0.15, 0.2) is 24.3 Å². The fourth-order valence-electron chi connectivity index (χ4n) is 1.18. The van der Waals surface area contributed by atoms with E-state index in [-0.39, 0.29) is 6.42 Å². The first-order valence-corrected chi connectivity index (χ1v) is 5.96. The number of esters is 2. The van der Waals surface area contributed by atoms with Crippen LogP contribution in [0, 0.1) is 0 Å². The third-order valence-electron chi connectivity index (χ3n) is 2.04. The lowest BCUT2D eigenvalue weighted by Crippen LogP contribution is -2.23. The summed E-state index contributed by atoms with van der Waals surface area (Å²) in [5, 5.41) is 7.00. The highest BCUT2D eigenvalue weighted by Crippen LogP contribution is 2.15. The van der Waals surface area contributed by atoms with E-state index in [0.717, 1.165) is 7.11 Å². The summed E-state index contributed by atoms with van der Waals surface area (Å²) >= 11 is 0. The predicted octanol–water partition coefficient (Wildman–Crippen LogP) is 1.32. The van der Waals surface area contributed by atoms with Crippen LogP contribution in [-0.2, 0) is 9.53 Å². The molecule has 1 aromatic carbocycles. The number of carbonyl (C=O) groups excluding carboxylic acids is 2. The third kappa shape index (κ3) is 5.98. The Morgan fingerprint density at radius 1 is 1.21 bits per heavy atom. The van der Waals surface area contributed by atoms with E-state index in [9.17, 15) is 9.59 Å². The lowest BCUT2D eigenvalue weighted by molar-refractivity contribution is -0.137. The second-order valence-corrected chi connectivity index (χ2v) is 3.32. The topological polar surface area (TPSA) is 87.7 Å². The fourth-order valence-corrected chi connectivity index (χ4v) is 1.18. The smallest absolute Gasteiger partial charge is 0.347 e. The summed E-state index contributed by atoms with van der Waals surface area (Å²) in [7, 11) is 1.00. The zero-order valence-electron chi connectivity index (χ0n) is 11.4. The van der Waals surface area contributed by atoms with E-state index in [1.807, 2.05) is 6.92 Å². The molecule has 106 valence electrons. The molecular weight excluding hydrogens is 248 g/mol. The van der Waals surface area contributed by atoms with E-state index >= 15 is 0 Å². The van der Waals surface area contributed by atoms with Gasteiger partial charge in [0.2, 0.25) is 0 Å². The molecule has 0 unspecified atom stereocenters. The van der Waals surface area contributed by atoms with Gasteiger partial charge in [0.15, 0.2) is 0 Å². The monoisotopic (exact) mass is 268 g/mol. The average Bonchev–Trinajstić information content (AvgIpc) is 2.47. The van der Waals surface area contributed by atoms with Crippen LogP contribution in [-0.4, -0.2) is 30.7 Å². The SMILES string of the molecule is CCNNc1ccccc1C(=O)OC(=O)CC.CO. The molecule has 0 atom stereocenters. The number of hydrogen-bond acceptors (Lipinski definition) is 6. The highest BCUT2D eigenvalue weighted by molar-refractivity contribution is 6.00. The number of rotatable bonds is 5. The quantitative estimate of drug-likeness (QED) is 0.424. The van der Waals surface area contributed by atoms with E-state index in [1.165, 1.54) is 0 Å². The van der Waals surface area contributed by atoms with Crippen LogP contribution in [0.3, 0.4) is 0 Å². The Balaban J connectivity index is 0.00000154. The molecule has 1 rings (SSSR count). The van der Waals surface area contributed by atoms with Gasteiger partial charge in [0.1, 0.15) is 0 Å². The van der Waals surface area contributed by atoms with Gasteiger partial charge in [-0.1, -0.05) is 26.0 Å². The van der Waals surface area contributed by atoms with Gasteiger partial charge in [0, 0.05) is 20.1 Å². The van der Waals surface area contributed by atoms with Gasteiger partial charge in [-0.05, 0) is 12.1 Å². The molecule has 0 bridgehead atoms. The Morgan fingerprint density at radius 3 is 2.42 bits per heavy atom. The number of para-hydroxylation sites is 1. The Hall–Kier alpha value is -1.92. The third-order valence-corrected chi connectivity index (χ3v) is 2.04. The Labute approximate surface area is 112 Å². The van der Waals surface area contributed by atoms with E-state index < -0.39 is 11.9 Å². The number of aliphatic hydroxyl groups excluding tert-OH is 1. The van der Waals surface area contributed by atoms with Gasteiger partial charge in [-0.3, -0.25) is 4.79 Å². The number of aliphatic hydroxyl groups is 1. The van der Waals surface area contributed by atoms with Crippen molar-refractivity contribution in [1.82, 2.24) is 5.43 Å². The lowest BCUT2D eigenvalue weighted by Gasteiger charge is -2.10. The van der Waals surface area contributed by atoms with E-state index in [1.54, 1.807) is 31.2 Å². The molecule has 1 aromatic rings. The molecule has 3 N–H and O–H groups in total. The van der Waals surface area contributed by atoms with Crippen LogP contribution in [0.2, 0.25) is 0 Å². The second-order valence-electron chi connectivity index (χ2n) is 3.32. The van der Waals surface area contributed by atoms with E-state index in [0.29, 0.717) is 17.8 Å². The summed E-state index contributed by atoms with van der Waals surface area (Å²) in [4.78, 5) is 22.7. The van der Waals surface area contributed by atoms with Gasteiger partial charge in [0.25, 0.3) is 0 Å². The molecule has 0 saturated carbocycles. The maximum Gasteiger partial charge on any atom is 0.347 e. The van der Waals surface area contributed by atoms with E-state index in [2.05, 4.69) is 15.6 Å². The van der Waals surface area contributed by atoms with Gasteiger partial charge in [-0.2, -0.15) is 0 Å². The molecule has 0 aliphatic rings. The van der Waals surface area contributed by atoms with Crippen molar-refractivity contribution in [2.75, 3.05) is 19.1 Å². The number of ether oxygens (including phenoxy) is 1. The van der Waals surface area contributed by atoms with Crippen LogP contribution in [0.4, 0.5) is 5.69 Å². The molecule has 0 radical (unpaired) electrons. The molecule has 0 amide bonds. The van der Waals surface area contributed by atoms with Crippen molar-refractivity contribution in [2.24, 2.45) is 0 Å². The average molecular weight is 268 g/mol. The number of nitrogens with one attached hydrogen (secondary N) is 2. The standard InChI is InChI=1S/C12H16N2O3.CH4O/c1-3-11(15)17-12(16)9-7-5-6-8-10(9)14-13-4-2;1-2/h5-8,13-14H,3-4H2,1-2H3;2H,1H3. The first kappa shape index (κ1) is 17.1. The zero-order chi connectivity index (χ0) is 14.7. The van der Waals surface area contributed by atoms with Crippen LogP contribution < -0.4 is 10.9 Å². The molecule has 0 aromatic heterocycles. The number of carbonyl (C=O) groups is 2. The molecule has 0 saturated heterocycles. The minimum Gasteiger partial charge on any atom is -0.400 e. The second kappa shape index (κ2) is 10.0. The van der Waals surface area contributed by atoms with Crippen LogP contribution in [0.25, 0.3) is 0 Å². The number of benzene rings is 1. The highest BCUT2D eigenvalue weighted by Gasteiger charge is 2.14. The van der Waals surface area contributed by atoms with Gasteiger partial charge < -0.3 is 15.3 Å². The summed E-state index contributed by atoms with van der Waals surface area (Å²) in [5.74, 6) is -1.17. The van der Waals surface area contributed by atoms with E-state index in [4.69, 9.17) is 5.11 Å². The van der Waals surface area contributed by atoms with Gasteiger partial charge >= 0.3 is 11.9 Å². The summed E-state index contributed by atoms with van der Waals surface area (Å²) < 4.78 is 4.66. The molecule has 0 aliphatic carbocycles. The molecule has 0 heterocycles. The molecule has 0 aliphatic heterocycles. The highest BCUT2D eigenvalue weighted by atomic mass is 16.6. The molecular formula is C13H20N2O4. The maximum absolute atomic E-state index is 11.7. The van der Waals surface area contributed by atoms with Gasteiger partial charge in [0.05, 0.1) is 11.3 Å². The number of hydrazine groups is 1. The minimum absolute atomic E-state index is 0.175. The van der Waals surface area contributed by atoms with Crippen LogP contribution >= 0.6 is 0 Å². The van der Waals surface area contributed by atoms with Crippen molar-refractivity contribution < 1.29 is 19.4 Å². The molecule has 6 nitrogen and oxygen atoms in total. The molecule has 6 heteroatoms. The number of anilines is 1. The Bertz CT molecular complexity index is 407. The van der Waals surface area contributed by atoms with Gasteiger partial charge in [-0.25, -0.2) is 10.2 Å². The predicted molar refractivity (Wildman–Crippen MR) is 72.6 cm³/mol. The molecule has 0 spiro atoms. The van der Waals surface area contributed by atoms with Gasteiger partial charge in [-0.15, -0.1) is 0 Å². The largest absolute Gasteiger partial charge is 0.400 e. The first-order valence-electron chi connectivity index (χ1n) is 5.96. The summed E-state index contributed by atoms with van der Waals surface area (Å²) in [5.41, 5.74) is 6.67. The van der Waals surface area contributed by atoms with Crippen molar-refractivity contribution in [2.45, 2.75) is 20.3 Å². The van der Waals surface area contributed by atoms with Crippen LogP contribution in [0.1, 0.15) is 30.6 Å². The van der Waals surface area contributed by atoms with Crippen LogP contribution in [0.5, 0.6) is 0 Å². The normalized spacial score (nSPS) is 9.05. The van der Waals surface area contributed by atoms with Crippen molar-refractivity contribution in [3.05, 3.63) is 29.8 Å². The maximum atomic E-state index is 11.7. The minimum atomic E-state index is -0.641. The molecule has 19 heavy (non-hydrogen) atoms. The lowest BCUT2D eigenvalue weighted by atomic mass is 10.2. The fraction of sp³-hybridized carbons (Fsp3) is 0.385. The first-order chi connectivity index (χ1) is 9.19. The van der Waals surface area contributed by atoms with Crippen molar-refractivity contribution in [1.29, 1.82) is 0 Å². The van der Waals surface area contributed by atoms with Crippen molar-refractivity contribution >= 4 is 17.6 Å². The summed E-state index contributed by atoms with van der Waals surface area (Å²) in [6.07, 6.45) is 0.175. The molecule has 0 fully saturated rings.